The first-order chi connectivity index (χ1) is 2.00. The van der Waals surface area contributed by atoms with E-state index in [4.69, 9.17) is 17.5 Å². The smallest absolute Gasteiger partial charge is 0.344 e. The van der Waals surface area contributed by atoms with E-state index in [1.807, 2.05) is 0 Å². The van der Waals surface area contributed by atoms with Crippen LogP contribution in [0, 0.1) is 0 Å². The number of rotatable bonds is 0. The van der Waals surface area contributed by atoms with Crippen molar-refractivity contribution >= 4 is 56.5 Å². The molecule has 0 atom stereocenters. The van der Waals surface area contributed by atoms with E-state index in [-0.39, 0.29) is 58.4 Å². The van der Waals surface area contributed by atoms with Gasteiger partial charge in [-0.25, -0.2) is 0 Å². The Kier molecular flexibility index (Phi) is 42.4. The molecule has 0 aliphatic carbocycles. The summed E-state index contributed by atoms with van der Waals surface area (Å²) in [5.74, 6) is 0. The van der Waals surface area contributed by atoms with E-state index in [9.17, 15) is 0 Å². The highest BCUT2D eigenvalue weighted by atomic mass is 32.3. The molecule has 0 saturated heterocycles. The van der Waals surface area contributed by atoms with Crippen LogP contribution in [-0.4, -0.2) is 63.6 Å². The Hall–Kier alpha value is 1.32. The Balaban J connectivity index is -0.0000000133. The summed E-state index contributed by atoms with van der Waals surface area (Å²) in [6.45, 7) is 0. The highest BCUT2D eigenvalue weighted by Crippen LogP contribution is 1.59. The molecular weight excluding hydrogens is 173 g/mol. The fourth-order valence-corrected chi connectivity index (χ4v) is 0. The van der Waals surface area contributed by atoms with Gasteiger partial charge in [-0.2, -0.15) is 8.42 Å². The van der Waals surface area contributed by atoms with Crippen LogP contribution < -0.4 is 12.3 Å². The van der Waals surface area contributed by atoms with Gasteiger partial charge in [-0.3, -0.25) is 9.11 Å². The van der Waals surface area contributed by atoms with Gasteiger partial charge in [0.25, 0.3) is 0 Å². The van der Waals surface area contributed by atoms with Gasteiger partial charge in [-0.15, -0.1) is 0 Å². The Morgan fingerprint density at radius 3 is 0.889 bits per heavy atom. The van der Waals surface area contributed by atoms with Crippen LogP contribution in [0.2, 0.25) is 0 Å². The Morgan fingerprint density at radius 1 is 0.889 bits per heavy atom. The topological polar surface area (TPSA) is 145 Å². The summed E-state index contributed by atoms with van der Waals surface area (Å²) in [6.07, 6.45) is 0. The minimum absolute atomic E-state index is 0. The van der Waals surface area contributed by atoms with Crippen molar-refractivity contribution < 1.29 is 17.5 Å². The zero-order valence-electron chi connectivity index (χ0n) is 3.53. The average molecular weight is 185 g/mol. The van der Waals surface area contributed by atoms with Gasteiger partial charge in [-0.05, 0) is 0 Å². The maximum atomic E-state index is 8.74. The molecule has 0 aromatic carbocycles. The van der Waals surface area contributed by atoms with Crippen LogP contribution in [-0.2, 0) is 10.4 Å². The van der Waals surface area contributed by atoms with Crippen molar-refractivity contribution in [1.82, 2.24) is 12.3 Å². The second kappa shape index (κ2) is 12.0. The molecular formula is H12Mg2N2O4S. The summed E-state index contributed by atoms with van der Waals surface area (Å²) in [4.78, 5) is 0. The minimum Gasteiger partial charge on any atom is -0.344 e. The molecule has 0 fully saturated rings. The Morgan fingerprint density at radius 2 is 0.889 bits per heavy atom. The summed E-state index contributed by atoms with van der Waals surface area (Å²) in [5.41, 5.74) is 0. The van der Waals surface area contributed by atoms with Gasteiger partial charge < -0.3 is 12.3 Å². The van der Waals surface area contributed by atoms with Gasteiger partial charge in [0.05, 0.1) is 0 Å². The first-order valence-electron chi connectivity index (χ1n) is 0.698. The van der Waals surface area contributed by atoms with E-state index < -0.39 is 10.4 Å². The lowest BCUT2D eigenvalue weighted by Crippen LogP contribution is -1.89. The van der Waals surface area contributed by atoms with Crippen molar-refractivity contribution in [2.45, 2.75) is 0 Å². The molecule has 9 heavy (non-hydrogen) atoms. The van der Waals surface area contributed by atoms with Crippen LogP contribution in [0.5, 0.6) is 0 Å². The fraction of sp³-hybridized carbons (Fsp3) is 0. The van der Waals surface area contributed by atoms with Crippen LogP contribution in [0.4, 0.5) is 0 Å². The van der Waals surface area contributed by atoms with Gasteiger partial charge in [0.1, 0.15) is 0 Å². The lowest BCUT2D eigenvalue weighted by Gasteiger charge is -1.68. The van der Waals surface area contributed by atoms with E-state index in [2.05, 4.69) is 0 Å². The Bertz CT molecular complexity index is 99.7. The van der Waals surface area contributed by atoms with E-state index in [0.29, 0.717) is 0 Å². The van der Waals surface area contributed by atoms with Crippen LogP contribution in [0.25, 0.3) is 0 Å². The third-order valence-electron chi connectivity index (χ3n) is 0. The molecule has 6 nitrogen and oxygen atoms in total. The lowest BCUT2D eigenvalue weighted by molar-refractivity contribution is 0.381. The molecule has 0 amide bonds. The summed E-state index contributed by atoms with van der Waals surface area (Å²) in [6, 6.07) is 0. The Labute approximate surface area is 85.8 Å². The highest BCUT2D eigenvalue weighted by Gasteiger charge is 1.84. The summed E-state index contributed by atoms with van der Waals surface area (Å²) in [7, 11) is -4.67. The van der Waals surface area contributed by atoms with Gasteiger partial charge in [-0.1, -0.05) is 0 Å². The van der Waals surface area contributed by atoms with Crippen molar-refractivity contribution in [3.8, 4) is 0 Å². The maximum absolute atomic E-state index is 8.74. The van der Waals surface area contributed by atoms with Crippen molar-refractivity contribution in [2.24, 2.45) is 0 Å². The van der Waals surface area contributed by atoms with E-state index in [1.54, 1.807) is 0 Å². The largest absolute Gasteiger partial charge is 0.394 e. The van der Waals surface area contributed by atoms with Gasteiger partial charge in [0, 0.05) is 0 Å². The first kappa shape index (κ1) is 31.7. The molecule has 0 rings (SSSR count). The summed E-state index contributed by atoms with van der Waals surface area (Å²) >= 11 is 0. The predicted molar refractivity (Wildman–Crippen MR) is 41.3 cm³/mol. The lowest BCUT2D eigenvalue weighted by atomic mass is 14.0. The second-order valence-electron chi connectivity index (χ2n) is 0.448. The monoisotopic (exact) mass is 184 g/mol. The average Bonchev–Trinajstić information content (AvgIpc) is 0.722. The summed E-state index contributed by atoms with van der Waals surface area (Å²) in [5, 5.41) is 0. The normalized spacial score (nSPS) is 6.44. The maximum Gasteiger partial charge on any atom is 0.394 e. The van der Waals surface area contributed by atoms with Crippen molar-refractivity contribution in [1.29, 1.82) is 0 Å². The third kappa shape index (κ3) is 286. The van der Waals surface area contributed by atoms with Crippen LogP contribution in [0.15, 0.2) is 0 Å². The van der Waals surface area contributed by atoms with Gasteiger partial charge in [0.2, 0.25) is 0 Å². The molecule has 9 heteroatoms. The molecule has 0 heterocycles. The minimum atomic E-state index is -4.67. The van der Waals surface area contributed by atoms with E-state index in [0.717, 1.165) is 0 Å². The summed E-state index contributed by atoms with van der Waals surface area (Å²) < 4.78 is 31.6. The van der Waals surface area contributed by atoms with Crippen molar-refractivity contribution in [3.63, 3.8) is 0 Å². The van der Waals surface area contributed by atoms with Gasteiger partial charge >= 0.3 is 56.5 Å². The second-order valence-corrected chi connectivity index (χ2v) is 1.34. The fourth-order valence-electron chi connectivity index (χ4n) is 0. The molecule has 8 N–H and O–H groups in total. The third-order valence-corrected chi connectivity index (χ3v) is 0. The standard InChI is InChI=1S/2Mg.2H3N.H2O4S.4H/c;;;;1-5(2,3)4;;;;/h;;2*1H3;(H2,1,2,3,4);;;;. The van der Waals surface area contributed by atoms with Crippen molar-refractivity contribution in [3.05, 3.63) is 0 Å². The molecule has 0 bridgehead atoms. The van der Waals surface area contributed by atoms with Crippen LogP contribution >= 0.6 is 0 Å². The molecule has 0 spiro atoms. The molecule has 0 radical (unpaired) electrons. The van der Waals surface area contributed by atoms with E-state index in [1.165, 1.54) is 0 Å². The molecule has 0 aromatic rings. The highest BCUT2D eigenvalue weighted by molar-refractivity contribution is 7.79. The number of hydrogen-bond acceptors (Lipinski definition) is 4. The zero-order valence-corrected chi connectivity index (χ0v) is 4.35. The number of hydrogen-bond donors (Lipinski definition) is 4. The zero-order chi connectivity index (χ0) is 4.50. The molecule has 56 valence electrons. The molecule has 0 aliphatic heterocycles. The molecule has 0 saturated carbocycles. The predicted octanol–water partition coefficient (Wildman–Crippen LogP) is -2.16. The molecule has 0 unspecified atom stereocenters. The molecule has 0 aliphatic rings. The van der Waals surface area contributed by atoms with Crippen LogP contribution in [0.3, 0.4) is 0 Å². The van der Waals surface area contributed by atoms with Gasteiger partial charge in [0.15, 0.2) is 0 Å². The quantitative estimate of drug-likeness (QED) is 0.249. The SMILES string of the molecule is N.N.O=S(=O)(O)O.[MgH2].[MgH2]. The molecule has 0 aromatic heterocycles. The van der Waals surface area contributed by atoms with E-state index >= 15 is 0 Å². The first-order valence-corrected chi connectivity index (χ1v) is 2.10. The van der Waals surface area contributed by atoms with Crippen LogP contribution in [0.1, 0.15) is 0 Å². The van der Waals surface area contributed by atoms with Crippen molar-refractivity contribution in [2.75, 3.05) is 0 Å².